The SMILES string of the molecule is COCCOCCOCCOCCCCCCCCCCCO. The molecule has 0 spiro atoms. The summed E-state index contributed by atoms with van der Waals surface area (Å²) in [6, 6.07) is 0. The molecule has 0 heterocycles. The number of hydrogen-bond donors (Lipinski definition) is 1. The topological polar surface area (TPSA) is 57.2 Å². The highest BCUT2D eigenvalue weighted by Crippen LogP contribution is 2.09. The fourth-order valence-corrected chi connectivity index (χ4v) is 2.24. The average Bonchev–Trinajstić information content (AvgIpc) is 2.57. The number of aliphatic hydroxyl groups excluding tert-OH is 1. The molecular formula is C18H38O5. The van der Waals surface area contributed by atoms with Crippen LogP contribution < -0.4 is 0 Å². The predicted octanol–water partition coefficient (Wildman–Crippen LogP) is 3.19. The molecular weight excluding hydrogens is 296 g/mol. The van der Waals surface area contributed by atoms with E-state index in [1.165, 1.54) is 44.9 Å². The maximum absolute atomic E-state index is 8.68. The van der Waals surface area contributed by atoms with Gasteiger partial charge in [-0.3, -0.25) is 0 Å². The van der Waals surface area contributed by atoms with Crippen molar-refractivity contribution in [3.63, 3.8) is 0 Å². The number of methoxy groups -OCH3 is 1. The van der Waals surface area contributed by atoms with Gasteiger partial charge in [0.1, 0.15) is 0 Å². The third-order valence-electron chi connectivity index (χ3n) is 3.62. The summed E-state index contributed by atoms with van der Waals surface area (Å²) in [5.41, 5.74) is 0. The van der Waals surface area contributed by atoms with Gasteiger partial charge < -0.3 is 24.1 Å². The lowest BCUT2D eigenvalue weighted by Gasteiger charge is -2.06. The normalized spacial score (nSPS) is 11.2. The second-order valence-electron chi connectivity index (χ2n) is 5.74. The van der Waals surface area contributed by atoms with Crippen molar-refractivity contribution < 1.29 is 24.1 Å². The molecule has 0 atom stereocenters. The molecule has 0 bridgehead atoms. The predicted molar refractivity (Wildman–Crippen MR) is 93.0 cm³/mol. The molecule has 5 heteroatoms. The zero-order chi connectivity index (χ0) is 16.8. The molecule has 0 saturated carbocycles. The van der Waals surface area contributed by atoms with E-state index in [1.54, 1.807) is 7.11 Å². The van der Waals surface area contributed by atoms with Crippen LogP contribution in [-0.4, -0.2) is 65.1 Å². The smallest absolute Gasteiger partial charge is 0.0701 e. The van der Waals surface area contributed by atoms with Gasteiger partial charge in [-0.25, -0.2) is 0 Å². The summed E-state index contributed by atoms with van der Waals surface area (Å²) < 4.78 is 21.1. The Bertz CT molecular complexity index is 182. The third-order valence-corrected chi connectivity index (χ3v) is 3.62. The highest BCUT2D eigenvalue weighted by Gasteiger charge is 1.94. The highest BCUT2D eigenvalue weighted by molar-refractivity contribution is 4.47. The van der Waals surface area contributed by atoms with Gasteiger partial charge in [0, 0.05) is 20.3 Å². The molecule has 140 valence electrons. The zero-order valence-electron chi connectivity index (χ0n) is 15.1. The van der Waals surface area contributed by atoms with Crippen molar-refractivity contribution in [2.45, 2.75) is 57.8 Å². The highest BCUT2D eigenvalue weighted by atomic mass is 16.6. The van der Waals surface area contributed by atoms with E-state index in [0.29, 0.717) is 46.2 Å². The second-order valence-corrected chi connectivity index (χ2v) is 5.74. The van der Waals surface area contributed by atoms with Crippen LogP contribution in [0.5, 0.6) is 0 Å². The van der Waals surface area contributed by atoms with Gasteiger partial charge in [0.05, 0.1) is 39.6 Å². The van der Waals surface area contributed by atoms with Crippen molar-refractivity contribution in [3.05, 3.63) is 0 Å². The lowest BCUT2D eigenvalue weighted by molar-refractivity contribution is 0.00323. The van der Waals surface area contributed by atoms with Gasteiger partial charge in [0.2, 0.25) is 0 Å². The number of hydrogen-bond acceptors (Lipinski definition) is 5. The monoisotopic (exact) mass is 334 g/mol. The van der Waals surface area contributed by atoms with E-state index in [2.05, 4.69) is 0 Å². The minimum absolute atomic E-state index is 0.340. The van der Waals surface area contributed by atoms with Crippen LogP contribution in [0, 0.1) is 0 Å². The second kappa shape index (κ2) is 21.8. The van der Waals surface area contributed by atoms with Crippen molar-refractivity contribution >= 4 is 0 Å². The van der Waals surface area contributed by atoms with Crippen molar-refractivity contribution in [2.75, 3.05) is 60.0 Å². The first kappa shape index (κ1) is 22.8. The van der Waals surface area contributed by atoms with E-state index in [4.69, 9.17) is 24.1 Å². The van der Waals surface area contributed by atoms with Crippen LogP contribution in [0.15, 0.2) is 0 Å². The summed E-state index contributed by atoms with van der Waals surface area (Å²) in [7, 11) is 1.66. The molecule has 0 rings (SSSR count). The molecule has 0 aromatic heterocycles. The minimum atomic E-state index is 0.340. The maximum Gasteiger partial charge on any atom is 0.0701 e. The van der Waals surface area contributed by atoms with E-state index in [1.807, 2.05) is 0 Å². The Morgan fingerprint density at radius 2 is 0.870 bits per heavy atom. The van der Waals surface area contributed by atoms with Crippen LogP contribution in [0.25, 0.3) is 0 Å². The molecule has 0 unspecified atom stereocenters. The van der Waals surface area contributed by atoms with E-state index in [9.17, 15) is 0 Å². The summed E-state index contributed by atoms with van der Waals surface area (Å²) in [4.78, 5) is 0. The largest absolute Gasteiger partial charge is 0.396 e. The molecule has 0 aromatic carbocycles. The maximum atomic E-state index is 8.68. The minimum Gasteiger partial charge on any atom is -0.396 e. The molecule has 0 saturated heterocycles. The van der Waals surface area contributed by atoms with Gasteiger partial charge in [0.15, 0.2) is 0 Å². The van der Waals surface area contributed by atoms with Crippen LogP contribution in [0.2, 0.25) is 0 Å². The summed E-state index contributed by atoms with van der Waals surface area (Å²) in [6.45, 7) is 4.97. The molecule has 0 amide bonds. The van der Waals surface area contributed by atoms with Crippen LogP contribution >= 0.6 is 0 Å². The molecule has 0 aromatic rings. The lowest BCUT2D eigenvalue weighted by atomic mass is 10.1. The molecule has 0 fully saturated rings. The first-order chi connectivity index (χ1) is 11.4. The van der Waals surface area contributed by atoms with Crippen molar-refractivity contribution in [1.29, 1.82) is 0 Å². The molecule has 23 heavy (non-hydrogen) atoms. The van der Waals surface area contributed by atoms with Gasteiger partial charge in [-0.2, -0.15) is 0 Å². The molecule has 0 radical (unpaired) electrons. The van der Waals surface area contributed by atoms with E-state index in [0.717, 1.165) is 19.4 Å². The number of unbranched alkanes of at least 4 members (excludes halogenated alkanes) is 8. The zero-order valence-corrected chi connectivity index (χ0v) is 15.1. The van der Waals surface area contributed by atoms with Crippen LogP contribution in [-0.2, 0) is 18.9 Å². The Morgan fingerprint density at radius 1 is 0.478 bits per heavy atom. The number of ether oxygens (including phenoxy) is 4. The van der Waals surface area contributed by atoms with Gasteiger partial charge in [-0.15, -0.1) is 0 Å². The summed E-state index contributed by atoms with van der Waals surface area (Å²) in [5, 5.41) is 8.68. The quantitative estimate of drug-likeness (QED) is 0.347. The Morgan fingerprint density at radius 3 is 1.35 bits per heavy atom. The van der Waals surface area contributed by atoms with E-state index >= 15 is 0 Å². The average molecular weight is 334 g/mol. The number of aliphatic hydroxyl groups is 1. The van der Waals surface area contributed by atoms with Crippen molar-refractivity contribution in [1.82, 2.24) is 0 Å². The molecule has 5 nitrogen and oxygen atoms in total. The van der Waals surface area contributed by atoms with Gasteiger partial charge in [0.25, 0.3) is 0 Å². The Kier molecular flexibility index (Phi) is 21.6. The molecule has 0 aliphatic carbocycles. The van der Waals surface area contributed by atoms with Gasteiger partial charge in [-0.05, 0) is 12.8 Å². The fraction of sp³-hybridized carbons (Fsp3) is 1.00. The van der Waals surface area contributed by atoms with Crippen molar-refractivity contribution in [3.8, 4) is 0 Å². The molecule has 0 aliphatic heterocycles. The Hall–Kier alpha value is -0.200. The van der Waals surface area contributed by atoms with Gasteiger partial charge in [-0.1, -0.05) is 44.9 Å². The Balaban J connectivity index is 2.92. The van der Waals surface area contributed by atoms with Gasteiger partial charge >= 0.3 is 0 Å². The third kappa shape index (κ3) is 21.8. The van der Waals surface area contributed by atoms with Crippen molar-refractivity contribution in [2.24, 2.45) is 0 Å². The van der Waals surface area contributed by atoms with Crippen LogP contribution in [0.3, 0.4) is 0 Å². The first-order valence-corrected chi connectivity index (χ1v) is 9.25. The fourth-order valence-electron chi connectivity index (χ4n) is 2.24. The molecule has 1 N–H and O–H groups in total. The summed E-state index contributed by atoms with van der Waals surface area (Å²) in [5.74, 6) is 0. The van der Waals surface area contributed by atoms with E-state index in [-0.39, 0.29) is 0 Å². The van der Waals surface area contributed by atoms with E-state index < -0.39 is 0 Å². The summed E-state index contributed by atoms with van der Waals surface area (Å²) in [6.07, 6.45) is 11.1. The Labute approximate surface area is 142 Å². The van der Waals surface area contributed by atoms with Crippen LogP contribution in [0.4, 0.5) is 0 Å². The van der Waals surface area contributed by atoms with Crippen LogP contribution in [0.1, 0.15) is 57.8 Å². The lowest BCUT2D eigenvalue weighted by Crippen LogP contribution is -2.11. The first-order valence-electron chi connectivity index (χ1n) is 9.25. The summed E-state index contributed by atoms with van der Waals surface area (Å²) >= 11 is 0. The molecule has 0 aliphatic rings. The standard InChI is InChI=1S/C18H38O5/c1-20-13-14-22-17-18-23-16-15-21-12-10-8-6-4-2-3-5-7-9-11-19/h19H,2-18H2,1H3. The number of rotatable bonds is 20.